The summed E-state index contributed by atoms with van der Waals surface area (Å²) in [5, 5.41) is 33.5. The number of aromatic nitrogens is 3. The molecule has 5 rings (SSSR count). The Morgan fingerprint density at radius 2 is 1.70 bits per heavy atom. The van der Waals surface area contributed by atoms with Crippen LogP contribution in [0.3, 0.4) is 0 Å². The Morgan fingerprint density at radius 1 is 0.926 bits per heavy atom. The van der Waals surface area contributed by atoms with Crippen molar-refractivity contribution in [3.8, 4) is 17.6 Å². The maximum Gasteiger partial charge on any atom is 0.269 e. The van der Waals surface area contributed by atoms with Crippen molar-refractivity contribution < 1.29 is 28.6 Å². The highest BCUT2D eigenvalue weighted by Gasteiger charge is 2.16. The summed E-state index contributed by atoms with van der Waals surface area (Å²) in [6.45, 7) is 0. The fourth-order valence-electron chi connectivity index (χ4n) is 4.51. The van der Waals surface area contributed by atoms with Crippen LogP contribution in [-0.4, -0.2) is 44.8 Å². The molecular formula is C37H28Br2FN9O5. The molecule has 0 bridgehead atoms. The van der Waals surface area contributed by atoms with Gasteiger partial charge in [-0.3, -0.25) is 19.4 Å². The molecule has 272 valence electrons. The molecule has 0 aliphatic rings. The first-order chi connectivity index (χ1) is 26.0. The maximum atomic E-state index is 14.7. The van der Waals surface area contributed by atoms with Crippen LogP contribution in [0, 0.1) is 17.1 Å². The second-order valence-corrected chi connectivity index (χ2v) is 12.7. The number of halogens is 3. The molecule has 3 aromatic carbocycles. The summed E-state index contributed by atoms with van der Waals surface area (Å²) < 4.78 is 21.8. The highest BCUT2D eigenvalue weighted by molar-refractivity contribution is 9.11. The van der Waals surface area contributed by atoms with Gasteiger partial charge in [0.1, 0.15) is 29.0 Å². The Morgan fingerprint density at radius 3 is 2.46 bits per heavy atom. The van der Waals surface area contributed by atoms with Gasteiger partial charge in [0.2, 0.25) is 11.9 Å². The van der Waals surface area contributed by atoms with Crippen LogP contribution < -0.4 is 31.3 Å². The van der Waals surface area contributed by atoms with Gasteiger partial charge in [-0.1, -0.05) is 28.1 Å². The lowest BCUT2D eigenvalue weighted by Crippen LogP contribution is -2.18. The zero-order valence-corrected chi connectivity index (χ0v) is 31.2. The SMILES string of the molecule is CNC(=O)c1cc(Oc2ccc(Nc3ncc(F)c(Nc4cccc(NC(=O)/C=C/C/C(O)=C(\C#N)C(=O)Nc5cc(Br)ccc5Br)c4)n3)cc2)ccn1. The summed E-state index contributed by atoms with van der Waals surface area (Å²) in [5.74, 6) is -2.08. The predicted octanol–water partition coefficient (Wildman–Crippen LogP) is 8.03. The maximum absolute atomic E-state index is 14.7. The van der Waals surface area contributed by atoms with Crippen LogP contribution in [0.15, 0.2) is 124 Å². The lowest BCUT2D eigenvalue weighted by molar-refractivity contribution is -0.113. The van der Waals surface area contributed by atoms with Crippen molar-refractivity contribution in [3.63, 3.8) is 0 Å². The Labute approximate surface area is 324 Å². The number of aliphatic hydroxyl groups excluding tert-OH is 1. The normalized spacial score (nSPS) is 11.2. The summed E-state index contributed by atoms with van der Waals surface area (Å²) in [6, 6.07) is 23.1. The molecule has 0 aliphatic heterocycles. The third-order valence-corrected chi connectivity index (χ3v) is 8.24. The highest BCUT2D eigenvalue weighted by atomic mass is 79.9. The van der Waals surface area contributed by atoms with Crippen molar-refractivity contribution in [3.05, 3.63) is 135 Å². The van der Waals surface area contributed by atoms with Gasteiger partial charge < -0.3 is 36.4 Å². The number of nitrogens with one attached hydrogen (secondary N) is 5. The largest absolute Gasteiger partial charge is 0.510 e. The van der Waals surface area contributed by atoms with Crippen LogP contribution in [0.25, 0.3) is 0 Å². The number of nitrogens with zero attached hydrogens (tertiary/aromatic N) is 4. The second-order valence-electron chi connectivity index (χ2n) is 10.9. The van der Waals surface area contributed by atoms with E-state index in [-0.39, 0.29) is 29.8 Å². The number of rotatable bonds is 13. The first kappa shape index (κ1) is 38.6. The molecule has 14 nitrogen and oxygen atoms in total. The van der Waals surface area contributed by atoms with Gasteiger partial charge >= 0.3 is 0 Å². The minimum Gasteiger partial charge on any atom is -0.510 e. The van der Waals surface area contributed by atoms with Gasteiger partial charge in [0, 0.05) is 51.7 Å². The van der Waals surface area contributed by atoms with Crippen molar-refractivity contribution >= 4 is 84.1 Å². The molecule has 54 heavy (non-hydrogen) atoms. The quantitative estimate of drug-likeness (QED) is 0.0380. The third-order valence-electron chi connectivity index (χ3n) is 7.06. The van der Waals surface area contributed by atoms with Gasteiger partial charge in [0.25, 0.3) is 11.8 Å². The number of benzene rings is 3. The van der Waals surface area contributed by atoms with Crippen LogP contribution in [0.4, 0.5) is 38.9 Å². The average Bonchev–Trinajstić information content (AvgIpc) is 3.15. The number of ether oxygens (including phenoxy) is 1. The molecule has 2 aromatic heterocycles. The number of pyridine rings is 1. The van der Waals surface area contributed by atoms with E-state index in [1.807, 2.05) is 0 Å². The molecule has 0 radical (unpaired) electrons. The molecule has 0 spiro atoms. The van der Waals surface area contributed by atoms with E-state index in [1.165, 1.54) is 25.4 Å². The highest BCUT2D eigenvalue weighted by Crippen LogP contribution is 2.28. The van der Waals surface area contributed by atoms with Crippen LogP contribution in [0.1, 0.15) is 16.9 Å². The first-order valence-corrected chi connectivity index (χ1v) is 17.3. The molecule has 0 saturated carbocycles. The van der Waals surface area contributed by atoms with Gasteiger partial charge in [0.05, 0.1) is 11.9 Å². The number of hydrogen-bond acceptors (Lipinski definition) is 11. The zero-order valence-electron chi connectivity index (χ0n) is 28.0. The van der Waals surface area contributed by atoms with E-state index in [0.717, 1.165) is 12.3 Å². The molecule has 5 aromatic rings. The van der Waals surface area contributed by atoms with E-state index in [4.69, 9.17) is 4.74 Å². The van der Waals surface area contributed by atoms with Crippen LogP contribution in [0.5, 0.6) is 11.5 Å². The summed E-state index contributed by atoms with van der Waals surface area (Å²) in [5.41, 5.74) is 1.44. The lowest BCUT2D eigenvalue weighted by atomic mass is 10.1. The number of carbonyl (C=O) groups is 3. The Hall–Kier alpha value is -6.64. The zero-order chi connectivity index (χ0) is 38.6. The summed E-state index contributed by atoms with van der Waals surface area (Å²) in [7, 11) is 1.51. The number of hydrogen-bond donors (Lipinski definition) is 6. The van der Waals surface area contributed by atoms with Crippen molar-refractivity contribution in [2.24, 2.45) is 0 Å². The molecule has 0 unspecified atom stereocenters. The van der Waals surface area contributed by atoms with Crippen molar-refractivity contribution in [2.45, 2.75) is 6.42 Å². The Bertz CT molecular complexity index is 2310. The van der Waals surface area contributed by atoms with Gasteiger partial charge in [-0.2, -0.15) is 10.2 Å². The molecule has 0 fully saturated rings. The molecule has 0 saturated heterocycles. The summed E-state index contributed by atoms with van der Waals surface area (Å²) in [4.78, 5) is 49.3. The first-order valence-electron chi connectivity index (χ1n) is 15.7. The number of nitriles is 1. The molecule has 0 aliphatic carbocycles. The minimum absolute atomic E-state index is 0.0989. The number of anilines is 6. The van der Waals surface area contributed by atoms with E-state index in [2.05, 4.69) is 73.4 Å². The second kappa shape index (κ2) is 18.2. The van der Waals surface area contributed by atoms with E-state index in [1.54, 1.807) is 78.9 Å². The summed E-state index contributed by atoms with van der Waals surface area (Å²) in [6.07, 6.45) is 4.64. The van der Waals surface area contributed by atoms with Gasteiger partial charge in [0.15, 0.2) is 17.2 Å². The smallest absolute Gasteiger partial charge is 0.269 e. The molecule has 6 N–H and O–H groups in total. The standard InChI is InChI=1S/C37H28Br2FN9O5/c1-42-36(53)31-18-26(14-15-43-31)54-25-11-9-22(10-12-25)47-37-44-20-29(40)34(49-37)46-24-5-2-4-23(17-24)45-33(51)7-3-6-32(50)27(19-41)35(52)48-30-16-21(38)8-13-28(30)39/h2-5,7-18,20,50H,6H2,1H3,(H,42,53)(H,45,51)(H,48,52)(H2,44,46,47,49)/b7-3+,32-27-. The predicted molar refractivity (Wildman–Crippen MR) is 207 cm³/mol. The van der Waals surface area contributed by atoms with E-state index < -0.39 is 29.0 Å². The number of aliphatic hydroxyl groups is 1. The fourth-order valence-corrected chi connectivity index (χ4v) is 5.22. The third kappa shape index (κ3) is 10.7. The van der Waals surface area contributed by atoms with Crippen LogP contribution >= 0.6 is 31.9 Å². The molecule has 17 heteroatoms. The van der Waals surface area contributed by atoms with Gasteiger partial charge in [-0.15, -0.1) is 0 Å². The lowest BCUT2D eigenvalue weighted by Gasteiger charge is -2.11. The van der Waals surface area contributed by atoms with E-state index in [0.29, 0.717) is 43.2 Å². The topological polar surface area (TPSA) is 203 Å². The molecule has 0 atom stereocenters. The van der Waals surface area contributed by atoms with Crippen molar-refractivity contribution in [2.75, 3.05) is 28.3 Å². The van der Waals surface area contributed by atoms with Crippen molar-refractivity contribution in [1.82, 2.24) is 20.3 Å². The number of allylic oxidation sites excluding steroid dienone is 1. The summed E-state index contributed by atoms with van der Waals surface area (Å²) >= 11 is 6.62. The van der Waals surface area contributed by atoms with E-state index >= 15 is 0 Å². The molecule has 3 amide bonds. The Kier molecular flexibility index (Phi) is 13.0. The minimum atomic E-state index is -0.819. The number of amides is 3. The fraction of sp³-hybridized carbons (Fsp3) is 0.0541. The van der Waals surface area contributed by atoms with Gasteiger partial charge in [-0.25, -0.2) is 9.37 Å². The average molecular weight is 857 g/mol. The van der Waals surface area contributed by atoms with E-state index in [9.17, 15) is 29.1 Å². The number of carbonyl (C=O) groups excluding carboxylic acids is 3. The Balaban J connectivity index is 1.16. The van der Waals surface area contributed by atoms with Crippen LogP contribution in [-0.2, 0) is 9.59 Å². The van der Waals surface area contributed by atoms with Crippen LogP contribution in [0.2, 0.25) is 0 Å². The monoisotopic (exact) mass is 855 g/mol. The molecular weight excluding hydrogens is 829 g/mol. The van der Waals surface area contributed by atoms with Crippen molar-refractivity contribution in [1.29, 1.82) is 5.26 Å². The van der Waals surface area contributed by atoms with Gasteiger partial charge in [-0.05, 0) is 88.7 Å². The molecule has 2 heterocycles.